The highest BCUT2D eigenvalue weighted by atomic mass is 79.9. The van der Waals surface area contributed by atoms with Crippen molar-refractivity contribution in [3.63, 3.8) is 0 Å². The lowest BCUT2D eigenvalue weighted by molar-refractivity contribution is 0.140. The Morgan fingerprint density at radius 1 is 1.73 bits per heavy atom. The summed E-state index contributed by atoms with van der Waals surface area (Å²) >= 11 is 3.24. The van der Waals surface area contributed by atoms with Crippen LogP contribution in [-0.4, -0.2) is 25.8 Å². The first-order chi connectivity index (χ1) is 5.29. The minimum Gasteiger partial charge on any atom is -0.375 e. The van der Waals surface area contributed by atoms with E-state index in [-0.39, 0.29) is 0 Å². The van der Waals surface area contributed by atoms with Crippen LogP contribution in [0.2, 0.25) is 0 Å². The van der Waals surface area contributed by atoms with Gasteiger partial charge in [-0.3, -0.25) is 0 Å². The van der Waals surface area contributed by atoms with Crippen LogP contribution in [-0.2, 0) is 4.74 Å². The van der Waals surface area contributed by atoms with Crippen LogP contribution in [0.4, 0.5) is 0 Å². The van der Waals surface area contributed by atoms with E-state index in [2.05, 4.69) is 27.8 Å². The number of hydrogen-bond donors (Lipinski definition) is 1. The summed E-state index contributed by atoms with van der Waals surface area (Å²) in [5.74, 6) is 0. The summed E-state index contributed by atoms with van der Waals surface area (Å²) in [4.78, 5) is 0. The molecule has 0 radical (unpaired) electrons. The van der Waals surface area contributed by atoms with Gasteiger partial charge >= 0.3 is 0 Å². The molecule has 64 valence electrons. The van der Waals surface area contributed by atoms with Gasteiger partial charge in [-0.1, -0.05) is 22.5 Å². The molecule has 1 aliphatic heterocycles. The van der Waals surface area contributed by atoms with Crippen LogP contribution in [0.3, 0.4) is 0 Å². The third-order valence-electron chi connectivity index (χ3n) is 1.74. The molecule has 1 fully saturated rings. The van der Waals surface area contributed by atoms with Crippen molar-refractivity contribution in [1.82, 2.24) is 5.32 Å². The van der Waals surface area contributed by atoms with Gasteiger partial charge < -0.3 is 10.1 Å². The highest BCUT2D eigenvalue weighted by molar-refractivity contribution is 9.11. The van der Waals surface area contributed by atoms with Crippen LogP contribution >= 0.6 is 15.9 Å². The minimum absolute atomic E-state index is 0.571. The van der Waals surface area contributed by atoms with Crippen molar-refractivity contribution in [1.29, 1.82) is 0 Å². The van der Waals surface area contributed by atoms with E-state index in [1.807, 2.05) is 0 Å². The molecule has 1 N–H and O–H groups in total. The molecular weight excluding hydrogens is 206 g/mol. The molecule has 1 heterocycles. The van der Waals surface area contributed by atoms with Gasteiger partial charge in [0.25, 0.3) is 0 Å². The molecule has 0 aromatic heterocycles. The van der Waals surface area contributed by atoms with Crippen LogP contribution in [0.1, 0.15) is 12.8 Å². The van der Waals surface area contributed by atoms with E-state index in [0.717, 1.165) is 17.6 Å². The van der Waals surface area contributed by atoms with Gasteiger partial charge in [0, 0.05) is 10.5 Å². The van der Waals surface area contributed by atoms with Crippen molar-refractivity contribution in [2.24, 2.45) is 0 Å². The van der Waals surface area contributed by atoms with Crippen LogP contribution in [0.25, 0.3) is 0 Å². The Hall–Kier alpha value is 0.140. The molecule has 0 amide bonds. The monoisotopic (exact) mass is 219 g/mol. The van der Waals surface area contributed by atoms with Gasteiger partial charge in [0.2, 0.25) is 0 Å². The average Bonchev–Trinajstić information content (AvgIpc) is 2.39. The van der Waals surface area contributed by atoms with Crippen molar-refractivity contribution in [3.8, 4) is 0 Å². The maximum Gasteiger partial charge on any atom is 0.0776 e. The molecule has 0 bridgehead atoms. The topological polar surface area (TPSA) is 21.3 Å². The zero-order valence-electron chi connectivity index (χ0n) is 6.61. The molecule has 0 spiro atoms. The molecule has 2 nitrogen and oxygen atoms in total. The highest BCUT2D eigenvalue weighted by Gasteiger charge is 2.13. The van der Waals surface area contributed by atoms with E-state index in [1.165, 1.54) is 12.8 Å². The fourth-order valence-electron chi connectivity index (χ4n) is 1.21. The lowest BCUT2D eigenvalue weighted by atomic mass is 10.2. The standard InChI is InChI=1S/C8H14BrNO/c1-7(9)5-11-6-8-3-2-4-10-8/h8,10H,1-6H2. The Balaban J connectivity index is 1.98. The van der Waals surface area contributed by atoms with E-state index in [9.17, 15) is 0 Å². The van der Waals surface area contributed by atoms with E-state index in [4.69, 9.17) is 4.74 Å². The molecule has 0 aromatic carbocycles. The Bertz CT molecular complexity index is 132. The zero-order chi connectivity index (χ0) is 8.10. The molecule has 0 aliphatic carbocycles. The largest absolute Gasteiger partial charge is 0.375 e. The number of rotatable bonds is 4. The quantitative estimate of drug-likeness (QED) is 0.777. The second kappa shape index (κ2) is 4.91. The summed E-state index contributed by atoms with van der Waals surface area (Å²) < 4.78 is 6.28. The molecule has 3 heteroatoms. The first-order valence-electron chi connectivity index (χ1n) is 3.93. The van der Waals surface area contributed by atoms with Gasteiger partial charge in [0.05, 0.1) is 13.2 Å². The van der Waals surface area contributed by atoms with E-state index in [0.29, 0.717) is 12.6 Å². The van der Waals surface area contributed by atoms with Gasteiger partial charge in [-0.2, -0.15) is 0 Å². The molecule has 1 unspecified atom stereocenters. The Morgan fingerprint density at radius 2 is 2.55 bits per heavy atom. The number of ether oxygens (including phenoxy) is 1. The van der Waals surface area contributed by atoms with Gasteiger partial charge in [0.15, 0.2) is 0 Å². The third kappa shape index (κ3) is 3.89. The average molecular weight is 220 g/mol. The predicted octanol–water partition coefficient (Wildman–Crippen LogP) is 1.66. The summed E-state index contributed by atoms with van der Waals surface area (Å²) in [6.45, 7) is 6.27. The maximum atomic E-state index is 5.37. The molecule has 11 heavy (non-hydrogen) atoms. The number of hydrogen-bond acceptors (Lipinski definition) is 2. The van der Waals surface area contributed by atoms with Crippen LogP contribution < -0.4 is 5.32 Å². The second-order valence-corrected chi connectivity index (χ2v) is 3.95. The first kappa shape index (κ1) is 9.23. The first-order valence-corrected chi connectivity index (χ1v) is 4.73. The van der Waals surface area contributed by atoms with Crippen LogP contribution in [0, 0.1) is 0 Å². The minimum atomic E-state index is 0.571. The molecule has 1 atom stereocenters. The molecule has 1 aliphatic rings. The van der Waals surface area contributed by atoms with Crippen molar-refractivity contribution in [3.05, 3.63) is 11.1 Å². The summed E-state index contributed by atoms with van der Waals surface area (Å²) in [5, 5.41) is 3.36. The number of halogens is 1. The SMILES string of the molecule is C=C(Br)COCC1CCCN1. The smallest absolute Gasteiger partial charge is 0.0776 e. The normalized spacial score (nSPS) is 23.9. The summed E-state index contributed by atoms with van der Waals surface area (Å²) in [6, 6.07) is 0.571. The van der Waals surface area contributed by atoms with Crippen molar-refractivity contribution in [2.75, 3.05) is 19.8 Å². The summed E-state index contributed by atoms with van der Waals surface area (Å²) in [5.41, 5.74) is 0. The van der Waals surface area contributed by atoms with E-state index < -0.39 is 0 Å². The fourth-order valence-corrected chi connectivity index (χ4v) is 1.37. The summed E-state index contributed by atoms with van der Waals surface area (Å²) in [6.07, 6.45) is 2.53. The van der Waals surface area contributed by atoms with Crippen molar-refractivity contribution < 1.29 is 4.74 Å². The molecular formula is C8H14BrNO. The van der Waals surface area contributed by atoms with Crippen molar-refractivity contribution >= 4 is 15.9 Å². The van der Waals surface area contributed by atoms with E-state index in [1.54, 1.807) is 0 Å². The van der Waals surface area contributed by atoms with Crippen LogP contribution in [0.5, 0.6) is 0 Å². The van der Waals surface area contributed by atoms with Gasteiger partial charge in [0.1, 0.15) is 0 Å². The van der Waals surface area contributed by atoms with Gasteiger partial charge in [-0.15, -0.1) is 0 Å². The Morgan fingerprint density at radius 3 is 3.09 bits per heavy atom. The third-order valence-corrected chi connectivity index (χ3v) is 1.97. The fraction of sp³-hybridized carbons (Fsp3) is 0.750. The highest BCUT2D eigenvalue weighted by Crippen LogP contribution is 2.06. The maximum absolute atomic E-state index is 5.37. The van der Waals surface area contributed by atoms with Gasteiger partial charge in [-0.25, -0.2) is 0 Å². The molecule has 0 aromatic rings. The lowest BCUT2D eigenvalue weighted by Gasteiger charge is -2.09. The summed E-state index contributed by atoms with van der Waals surface area (Å²) in [7, 11) is 0. The Kier molecular flexibility index (Phi) is 4.12. The van der Waals surface area contributed by atoms with E-state index >= 15 is 0 Å². The molecule has 0 saturated carbocycles. The number of nitrogens with one attached hydrogen (secondary N) is 1. The van der Waals surface area contributed by atoms with Crippen molar-refractivity contribution in [2.45, 2.75) is 18.9 Å². The predicted molar refractivity (Wildman–Crippen MR) is 49.9 cm³/mol. The lowest BCUT2D eigenvalue weighted by Crippen LogP contribution is -2.26. The van der Waals surface area contributed by atoms with Crippen LogP contribution in [0.15, 0.2) is 11.1 Å². The second-order valence-electron chi connectivity index (χ2n) is 2.83. The van der Waals surface area contributed by atoms with Gasteiger partial charge in [-0.05, 0) is 19.4 Å². The molecule has 1 saturated heterocycles. The zero-order valence-corrected chi connectivity index (χ0v) is 8.19. The Labute approximate surface area is 76.1 Å². The molecule has 1 rings (SSSR count).